The molecule has 3 aromatic rings. The molecule has 0 bridgehead atoms. The van der Waals surface area contributed by atoms with Crippen LogP contribution in [0.25, 0.3) is 0 Å². The summed E-state index contributed by atoms with van der Waals surface area (Å²) in [4.78, 5) is 15.6. The van der Waals surface area contributed by atoms with Gasteiger partial charge in [0, 0.05) is 34.5 Å². The number of aryl methyl sites for hydroxylation is 1. The van der Waals surface area contributed by atoms with Crippen molar-refractivity contribution in [3.63, 3.8) is 0 Å². The number of nitrogens with zero attached hydrogens (tertiary/aromatic N) is 2. The van der Waals surface area contributed by atoms with Crippen LogP contribution in [0.5, 0.6) is 0 Å². The molecule has 0 spiro atoms. The van der Waals surface area contributed by atoms with E-state index in [0.717, 1.165) is 29.4 Å². The van der Waals surface area contributed by atoms with Crippen molar-refractivity contribution in [3.8, 4) is 0 Å². The Morgan fingerprint density at radius 3 is 2.47 bits per heavy atom. The first-order valence-corrected chi connectivity index (χ1v) is 11.7. The van der Waals surface area contributed by atoms with E-state index in [2.05, 4.69) is 74.9 Å². The van der Waals surface area contributed by atoms with Crippen molar-refractivity contribution in [3.05, 3.63) is 93.7 Å². The van der Waals surface area contributed by atoms with Gasteiger partial charge in [0.2, 0.25) is 0 Å². The van der Waals surface area contributed by atoms with E-state index < -0.39 is 0 Å². The van der Waals surface area contributed by atoms with Crippen LogP contribution in [0.4, 0.5) is 0 Å². The summed E-state index contributed by atoms with van der Waals surface area (Å²) in [6, 6.07) is 20.8. The van der Waals surface area contributed by atoms with Crippen molar-refractivity contribution >= 4 is 21.8 Å². The highest BCUT2D eigenvalue weighted by Gasteiger charge is 2.27. The van der Waals surface area contributed by atoms with Gasteiger partial charge in [-0.05, 0) is 67.3 Å². The number of aromatic nitrogens is 1. The lowest BCUT2D eigenvalue weighted by Gasteiger charge is -2.35. The Labute approximate surface area is 187 Å². The highest BCUT2D eigenvalue weighted by Crippen LogP contribution is 2.26. The van der Waals surface area contributed by atoms with Crippen LogP contribution in [0.3, 0.4) is 0 Å². The predicted octanol–water partition coefficient (Wildman–Crippen LogP) is 6.58. The fraction of sp³-hybridized carbons (Fsp3) is 0.346. The largest absolute Gasteiger partial charge is 0.345 e. The van der Waals surface area contributed by atoms with Crippen LogP contribution in [-0.4, -0.2) is 21.4 Å². The van der Waals surface area contributed by atoms with Crippen molar-refractivity contribution in [2.45, 2.75) is 58.2 Å². The summed E-state index contributed by atoms with van der Waals surface area (Å²) in [7, 11) is 0. The van der Waals surface area contributed by atoms with Crippen LogP contribution in [0.2, 0.25) is 0 Å². The Hall–Kier alpha value is -2.33. The first kappa shape index (κ1) is 20.9. The molecule has 4 rings (SSSR count). The maximum absolute atomic E-state index is 13.5. The summed E-state index contributed by atoms with van der Waals surface area (Å²) >= 11 is 3.48. The number of carbonyl (C=O) groups excluding carboxylic acids is 1. The normalized spacial score (nSPS) is 14.6. The summed E-state index contributed by atoms with van der Waals surface area (Å²) in [5.41, 5.74) is 4.57. The fourth-order valence-electron chi connectivity index (χ4n) is 4.41. The minimum absolute atomic E-state index is 0.137. The number of amides is 1. The number of hydrogen-bond donors (Lipinski definition) is 0. The van der Waals surface area contributed by atoms with Gasteiger partial charge in [-0.3, -0.25) is 4.79 Å². The van der Waals surface area contributed by atoms with E-state index in [0.29, 0.717) is 12.6 Å². The second-order valence-electron chi connectivity index (χ2n) is 8.29. The number of carbonyl (C=O) groups is 1. The van der Waals surface area contributed by atoms with Gasteiger partial charge in [-0.2, -0.15) is 0 Å². The van der Waals surface area contributed by atoms with Crippen LogP contribution in [0.15, 0.2) is 71.3 Å². The zero-order valence-corrected chi connectivity index (χ0v) is 19.1. The minimum atomic E-state index is 0.137. The van der Waals surface area contributed by atoms with Crippen LogP contribution < -0.4 is 0 Å². The van der Waals surface area contributed by atoms with Gasteiger partial charge in [0.1, 0.15) is 0 Å². The fourth-order valence-corrected chi connectivity index (χ4v) is 4.67. The monoisotopic (exact) mass is 464 g/mol. The molecule has 0 saturated heterocycles. The van der Waals surface area contributed by atoms with Crippen molar-refractivity contribution in [2.24, 2.45) is 0 Å². The predicted molar refractivity (Wildman–Crippen MR) is 126 cm³/mol. The molecule has 1 aliphatic carbocycles. The van der Waals surface area contributed by atoms with E-state index in [-0.39, 0.29) is 5.91 Å². The zero-order chi connectivity index (χ0) is 20.9. The smallest absolute Gasteiger partial charge is 0.254 e. The molecule has 1 heterocycles. The molecule has 0 N–H and O–H groups in total. The van der Waals surface area contributed by atoms with Gasteiger partial charge in [0.15, 0.2) is 0 Å². The summed E-state index contributed by atoms with van der Waals surface area (Å²) in [5.74, 6) is 0.137. The van der Waals surface area contributed by atoms with Crippen LogP contribution >= 0.6 is 15.9 Å². The van der Waals surface area contributed by atoms with Crippen molar-refractivity contribution < 1.29 is 4.79 Å². The Morgan fingerprint density at radius 2 is 1.73 bits per heavy atom. The van der Waals surface area contributed by atoms with Crippen molar-refractivity contribution in [1.82, 2.24) is 9.47 Å². The van der Waals surface area contributed by atoms with Gasteiger partial charge in [0.05, 0.1) is 6.54 Å². The highest BCUT2D eigenvalue weighted by molar-refractivity contribution is 9.10. The Kier molecular flexibility index (Phi) is 6.73. The standard InChI is InChI=1S/C26H29BrN2O/c1-20-8-5-6-9-22(20)18-28-17-7-12-25(28)19-29(24-10-3-2-4-11-24)26(30)21-13-15-23(27)16-14-21/h5-9,12-17,24H,2-4,10-11,18-19H2,1H3. The summed E-state index contributed by atoms with van der Waals surface area (Å²) in [5, 5.41) is 0. The Morgan fingerprint density at radius 1 is 1.00 bits per heavy atom. The van der Waals surface area contributed by atoms with Gasteiger partial charge < -0.3 is 9.47 Å². The van der Waals surface area contributed by atoms with Crippen LogP contribution in [0, 0.1) is 6.92 Å². The average molecular weight is 465 g/mol. The van der Waals surface area contributed by atoms with Crippen LogP contribution in [0.1, 0.15) is 59.3 Å². The minimum Gasteiger partial charge on any atom is -0.345 e. The summed E-state index contributed by atoms with van der Waals surface area (Å²) in [6.07, 6.45) is 8.02. The van der Waals surface area contributed by atoms with E-state index in [9.17, 15) is 4.79 Å². The van der Waals surface area contributed by atoms with Gasteiger partial charge in [0.25, 0.3) is 5.91 Å². The lowest BCUT2D eigenvalue weighted by atomic mass is 9.93. The number of benzene rings is 2. The number of hydrogen-bond acceptors (Lipinski definition) is 1. The molecule has 3 nitrogen and oxygen atoms in total. The van der Waals surface area contributed by atoms with Crippen LogP contribution in [-0.2, 0) is 13.1 Å². The van der Waals surface area contributed by atoms with Crippen molar-refractivity contribution in [1.29, 1.82) is 0 Å². The molecular formula is C26H29BrN2O. The first-order chi connectivity index (χ1) is 14.6. The first-order valence-electron chi connectivity index (χ1n) is 10.9. The van der Waals surface area contributed by atoms with E-state index >= 15 is 0 Å². The van der Waals surface area contributed by atoms with E-state index in [1.54, 1.807) is 0 Å². The molecule has 1 saturated carbocycles. The molecule has 2 aromatic carbocycles. The molecule has 1 amide bonds. The van der Waals surface area contributed by atoms with E-state index in [1.165, 1.54) is 36.1 Å². The molecule has 156 valence electrons. The quantitative estimate of drug-likeness (QED) is 0.404. The van der Waals surface area contributed by atoms with Gasteiger partial charge >= 0.3 is 0 Å². The molecular weight excluding hydrogens is 436 g/mol. The SMILES string of the molecule is Cc1ccccc1Cn1cccc1CN(C(=O)c1ccc(Br)cc1)C1CCCCC1. The molecule has 0 unspecified atom stereocenters. The zero-order valence-electron chi connectivity index (χ0n) is 17.6. The molecule has 1 fully saturated rings. The third-order valence-electron chi connectivity index (χ3n) is 6.23. The second-order valence-corrected chi connectivity index (χ2v) is 9.20. The second kappa shape index (κ2) is 9.65. The topological polar surface area (TPSA) is 25.2 Å². The van der Waals surface area contributed by atoms with Gasteiger partial charge in [-0.25, -0.2) is 0 Å². The van der Waals surface area contributed by atoms with E-state index in [1.807, 2.05) is 24.3 Å². The van der Waals surface area contributed by atoms with Crippen molar-refractivity contribution in [2.75, 3.05) is 0 Å². The van der Waals surface area contributed by atoms with Gasteiger partial charge in [-0.15, -0.1) is 0 Å². The lowest BCUT2D eigenvalue weighted by Crippen LogP contribution is -2.41. The molecule has 30 heavy (non-hydrogen) atoms. The third kappa shape index (κ3) is 4.86. The lowest BCUT2D eigenvalue weighted by molar-refractivity contribution is 0.0608. The maximum Gasteiger partial charge on any atom is 0.254 e. The molecule has 0 atom stereocenters. The molecule has 4 heteroatoms. The highest BCUT2D eigenvalue weighted by atomic mass is 79.9. The molecule has 0 radical (unpaired) electrons. The Balaban J connectivity index is 1.59. The molecule has 0 aliphatic heterocycles. The molecule has 1 aromatic heterocycles. The number of halogens is 1. The number of rotatable bonds is 6. The third-order valence-corrected chi connectivity index (χ3v) is 6.75. The van der Waals surface area contributed by atoms with E-state index in [4.69, 9.17) is 0 Å². The summed E-state index contributed by atoms with van der Waals surface area (Å²) in [6.45, 7) is 3.64. The summed E-state index contributed by atoms with van der Waals surface area (Å²) < 4.78 is 3.28. The average Bonchev–Trinajstić information content (AvgIpc) is 3.21. The maximum atomic E-state index is 13.5. The Bertz CT molecular complexity index is 986. The molecule has 1 aliphatic rings. The van der Waals surface area contributed by atoms with Gasteiger partial charge in [-0.1, -0.05) is 59.5 Å².